The Balaban J connectivity index is 1.85. The molecule has 1 aromatic heterocycles. The largest absolute Gasteiger partial charge is 0.481 e. The molecule has 0 unspecified atom stereocenters. The van der Waals surface area contributed by atoms with Crippen LogP contribution in [0, 0.1) is 18.8 Å². The quantitative estimate of drug-likeness (QED) is 0.845. The molecule has 1 aliphatic rings. The fourth-order valence-electron chi connectivity index (χ4n) is 2.60. The fourth-order valence-corrected chi connectivity index (χ4v) is 2.60. The van der Waals surface area contributed by atoms with E-state index in [9.17, 15) is 9.59 Å². The normalized spacial score (nSPS) is 22.4. The number of aromatic nitrogens is 2. The van der Waals surface area contributed by atoms with Crippen LogP contribution >= 0.6 is 0 Å². The lowest BCUT2D eigenvalue weighted by Gasteiger charge is -2.10. The number of hydrogen-bond acceptors (Lipinski definition) is 3. The lowest BCUT2D eigenvalue weighted by Crippen LogP contribution is -2.30. The molecule has 0 spiro atoms. The second kappa shape index (κ2) is 5.42. The number of carboxylic acid groups (broad SMARTS) is 1. The van der Waals surface area contributed by atoms with Gasteiger partial charge in [-0.15, -0.1) is 0 Å². The van der Waals surface area contributed by atoms with E-state index >= 15 is 0 Å². The van der Waals surface area contributed by atoms with E-state index in [0.29, 0.717) is 25.8 Å². The van der Waals surface area contributed by atoms with Crippen LogP contribution in [-0.4, -0.2) is 26.8 Å². The molecule has 0 aliphatic heterocycles. The third-order valence-corrected chi connectivity index (χ3v) is 3.70. The van der Waals surface area contributed by atoms with Gasteiger partial charge in [0.1, 0.15) is 0 Å². The number of carbonyl (C=O) groups is 2. The topological polar surface area (TPSA) is 84.2 Å². The van der Waals surface area contributed by atoms with Crippen molar-refractivity contribution < 1.29 is 14.7 Å². The molecular formula is C13H19N3O3. The molecule has 104 valence electrons. The molecule has 1 aliphatic carbocycles. The molecule has 1 heterocycles. The molecule has 0 aromatic carbocycles. The minimum atomic E-state index is -0.794. The summed E-state index contributed by atoms with van der Waals surface area (Å²) < 4.78 is 1.74. The zero-order valence-electron chi connectivity index (χ0n) is 11.2. The van der Waals surface area contributed by atoms with Crippen molar-refractivity contribution in [3.05, 3.63) is 17.5 Å². The Morgan fingerprint density at radius 1 is 1.47 bits per heavy atom. The van der Waals surface area contributed by atoms with Gasteiger partial charge in [-0.3, -0.25) is 14.3 Å². The summed E-state index contributed by atoms with van der Waals surface area (Å²) >= 11 is 0. The SMILES string of the molecule is Cc1cc(CNC(=O)[C@H]2CC[C@@H](C(=O)O)C2)n(C)n1. The van der Waals surface area contributed by atoms with Gasteiger partial charge in [0.15, 0.2) is 0 Å². The second-order valence-electron chi connectivity index (χ2n) is 5.16. The van der Waals surface area contributed by atoms with Gasteiger partial charge in [0.05, 0.1) is 23.9 Å². The van der Waals surface area contributed by atoms with Crippen LogP contribution in [-0.2, 0) is 23.2 Å². The minimum absolute atomic E-state index is 0.0531. The Morgan fingerprint density at radius 2 is 2.16 bits per heavy atom. The van der Waals surface area contributed by atoms with Gasteiger partial charge in [0, 0.05) is 13.0 Å². The van der Waals surface area contributed by atoms with E-state index in [4.69, 9.17) is 5.11 Å². The molecule has 6 nitrogen and oxygen atoms in total. The van der Waals surface area contributed by atoms with E-state index in [-0.39, 0.29) is 17.7 Å². The summed E-state index contributed by atoms with van der Waals surface area (Å²) in [5, 5.41) is 16.0. The van der Waals surface area contributed by atoms with Gasteiger partial charge >= 0.3 is 5.97 Å². The third kappa shape index (κ3) is 3.13. The fraction of sp³-hybridized carbons (Fsp3) is 0.615. The summed E-state index contributed by atoms with van der Waals surface area (Å²) in [6.45, 7) is 2.34. The summed E-state index contributed by atoms with van der Waals surface area (Å²) in [6, 6.07) is 1.93. The second-order valence-corrected chi connectivity index (χ2v) is 5.16. The smallest absolute Gasteiger partial charge is 0.306 e. The maximum atomic E-state index is 12.0. The van der Waals surface area contributed by atoms with Gasteiger partial charge in [-0.05, 0) is 32.3 Å². The van der Waals surface area contributed by atoms with Crippen LogP contribution < -0.4 is 5.32 Å². The first-order valence-corrected chi connectivity index (χ1v) is 6.47. The molecule has 2 N–H and O–H groups in total. The number of hydrogen-bond donors (Lipinski definition) is 2. The number of amides is 1. The highest BCUT2D eigenvalue weighted by Gasteiger charge is 2.33. The molecule has 0 saturated heterocycles. The zero-order valence-corrected chi connectivity index (χ0v) is 11.2. The standard InChI is InChI=1S/C13H19N3O3/c1-8-5-11(16(2)15-8)7-14-12(17)9-3-4-10(6-9)13(18)19/h5,9-10H,3-4,6-7H2,1-2H3,(H,14,17)(H,18,19)/t9-,10+/m0/s1. The molecule has 0 bridgehead atoms. The number of nitrogens with zero attached hydrogens (tertiary/aromatic N) is 2. The van der Waals surface area contributed by atoms with Gasteiger partial charge in [-0.2, -0.15) is 5.10 Å². The van der Waals surface area contributed by atoms with E-state index in [0.717, 1.165) is 11.4 Å². The maximum absolute atomic E-state index is 12.0. The van der Waals surface area contributed by atoms with Crippen molar-refractivity contribution in [2.45, 2.75) is 32.7 Å². The van der Waals surface area contributed by atoms with Gasteiger partial charge in [-0.25, -0.2) is 0 Å². The van der Waals surface area contributed by atoms with Crippen LogP contribution in [0.15, 0.2) is 6.07 Å². The van der Waals surface area contributed by atoms with E-state index in [1.165, 1.54) is 0 Å². The lowest BCUT2D eigenvalue weighted by molar-refractivity contribution is -0.141. The zero-order chi connectivity index (χ0) is 14.0. The molecule has 2 rings (SSSR count). The molecular weight excluding hydrogens is 246 g/mol. The van der Waals surface area contributed by atoms with Crippen molar-refractivity contribution in [3.8, 4) is 0 Å². The first kappa shape index (κ1) is 13.6. The van der Waals surface area contributed by atoms with Crippen molar-refractivity contribution in [1.82, 2.24) is 15.1 Å². The third-order valence-electron chi connectivity index (χ3n) is 3.70. The Morgan fingerprint density at radius 3 is 2.68 bits per heavy atom. The summed E-state index contributed by atoms with van der Waals surface area (Å²) in [4.78, 5) is 22.8. The van der Waals surface area contributed by atoms with Crippen molar-refractivity contribution >= 4 is 11.9 Å². The lowest BCUT2D eigenvalue weighted by atomic mass is 10.0. The first-order chi connectivity index (χ1) is 8.97. The minimum Gasteiger partial charge on any atom is -0.481 e. The Kier molecular flexibility index (Phi) is 3.87. The van der Waals surface area contributed by atoms with E-state index < -0.39 is 5.97 Å². The van der Waals surface area contributed by atoms with Crippen molar-refractivity contribution in [3.63, 3.8) is 0 Å². The average Bonchev–Trinajstić information content (AvgIpc) is 2.93. The highest BCUT2D eigenvalue weighted by atomic mass is 16.4. The molecule has 1 fully saturated rings. The van der Waals surface area contributed by atoms with Gasteiger partial charge in [0.25, 0.3) is 0 Å². The highest BCUT2D eigenvalue weighted by Crippen LogP contribution is 2.31. The predicted molar refractivity (Wildman–Crippen MR) is 68.3 cm³/mol. The van der Waals surface area contributed by atoms with Crippen LogP contribution in [0.5, 0.6) is 0 Å². The highest BCUT2D eigenvalue weighted by molar-refractivity contribution is 5.80. The van der Waals surface area contributed by atoms with Crippen LogP contribution in [0.1, 0.15) is 30.7 Å². The van der Waals surface area contributed by atoms with Gasteiger partial charge in [-0.1, -0.05) is 0 Å². The Hall–Kier alpha value is -1.85. The monoisotopic (exact) mass is 265 g/mol. The summed E-state index contributed by atoms with van der Waals surface area (Å²) in [5.41, 5.74) is 1.86. The molecule has 0 radical (unpaired) electrons. The van der Waals surface area contributed by atoms with Crippen LogP contribution in [0.3, 0.4) is 0 Å². The number of rotatable bonds is 4. The van der Waals surface area contributed by atoms with Crippen molar-refractivity contribution in [2.75, 3.05) is 0 Å². The number of carbonyl (C=O) groups excluding carboxylic acids is 1. The number of nitrogens with one attached hydrogen (secondary N) is 1. The first-order valence-electron chi connectivity index (χ1n) is 6.47. The van der Waals surface area contributed by atoms with Crippen LogP contribution in [0.4, 0.5) is 0 Å². The van der Waals surface area contributed by atoms with Crippen molar-refractivity contribution in [2.24, 2.45) is 18.9 Å². The predicted octanol–water partition coefficient (Wildman–Crippen LogP) is 0.846. The summed E-state index contributed by atoms with van der Waals surface area (Å²) in [6.07, 6.45) is 1.71. The van der Waals surface area contributed by atoms with Crippen LogP contribution in [0.2, 0.25) is 0 Å². The Labute approximate surface area is 111 Å². The molecule has 1 aromatic rings. The van der Waals surface area contributed by atoms with E-state index in [2.05, 4.69) is 10.4 Å². The molecule has 1 amide bonds. The number of aryl methyl sites for hydroxylation is 2. The Bertz CT molecular complexity index is 495. The number of carboxylic acids is 1. The van der Waals surface area contributed by atoms with Gasteiger partial charge in [0.2, 0.25) is 5.91 Å². The average molecular weight is 265 g/mol. The summed E-state index contributed by atoms with van der Waals surface area (Å²) in [7, 11) is 1.84. The molecule has 6 heteroatoms. The summed E-state index contributed by atoms with van der Waals surface area (Å²) in [5.74, 6) is -1.38. The molecule has 2 atom stereocenters. The van der Waals surface area contributed by atoms with Crippen molar-refractivity contribution in [1.29, 1.82) is 0 Å². The van der Waals surface area contributed by atoms with E-state index in [1.807, 2.05) is 20.0 Å². The maximum Gasteiger partial charge on any atom is 0.306 e. The molecule has 1 saturated carbocycles. The number of aliphatic carboxylic acids is 1. The van der Waals surface area contributed by atoms with Crippen LogP contribution in [0.25, 0.3) is 0 Å². The van der Waals surface area contributed by atoms with E-state index in [1.54, 1.807) is 4.68 Å². The molecule has 19 heavy (non-hydrogen) atoms. The van der Waals surface area contributed by atoms with Gasteiger partial charge < -0.3 is 10.4 Å².